The van der Waals surface area contributed by atoms with Crippen molar-refractivity contribution >= 4 is 17.2 Å². The summed E-state index contributed by atoms with van der Waals surface area (Å²) < 4.78 is 1.67. The van der Waals surface area contributed by atoms with Crippen molar-refractivity contribution in [2.24, 2.45) is 0 Å². The molecule has 130 valence electrons. The number of aromatic nitrogens is 5. The average molecular weight is 338 g/mol. The zero-order valence-electron chi connectivity index (χ0n) is 14.1. The fourth-order valence-corrected chi connectivity index (χ4v) is 3.18. The van der Waals surface area contributed by atoms with Gasteiger partial charge in [0.2, 0.25) is 0 Å². The number of benzene rings is 1. The van der Waals surface area contributed by atoms with Gasteiger partial charge in [0.05, 0.1) is 12.4 Å². The standard InChI is InChI=1S/C17H22N8/c1-2-5-15(6-3-1)24-11-9-23(10-12-24)8-4-7-19-16-13-18-14-17-20-21-22-25(16)17/h1-3,5-6,13-14,19H,4,7-12H2. The average Bonchev–Trinajstić information content (AvgIpc) is 3.16. The van der Waals surface area contributed by atoms with Crippen molar-refractivity contribution in [3.05, 3.63) is 42.7 Å². The summed E-state index contributed by atoms with van der Waals surface area (Å²) in [6.45, 7) is 6.36. The second-order valence-corrected chi connectivity index (χ2v) is 6.19. The van der Waals surface area contributed by atoms with Crippen LogP contribution in [0.25, 0.3) is 5.65 Å². The van der Waals surface area contributed by atoms with Gasteiger partial charge in [0, 0.05) is 38.4 Å². The molecule has 4 rings (SSSR count). The first kappa shape index (κ1) is 15.8. The van der Waals surface area contributed by atoms with Crippen LogP contribution in [0.15, 0.2) is 42.7 Å². The van der Waals surface area contributed by atoms with Crippen LogP contribution in [0.4, 0.5) is 11.5 Å². The Labute approximate surface area is 146 Å². The third kappa shape index (κ3) is 3.69. The van der Waals surface area contributed by atoms with Crippen molar-refractivity contribution in [1.82, 2.24) is 29.9 Å². The molecular weight excluding hydrogens is 316 g/mol. The van der Waals surface area contributed by atoms with E-state index in [9.17, 15) is 0 Å². The molecule has 1 N–H and O–H groups in total. The number of nitrogens with zero attached hydrogens (tertiary/aromatic N) is 7. The van der Waals surface area contributed by atoms with Crippen molar-refractivity contribution in [3.63, 3.8) is 0 Å². The lowest BCUT2D eigenvalue weighted by molar-refractivity contribution is 0.257. The van der Waals surface area contributed by atoms with Crippen molar-refractivity contribution in [1.29, 1.82) is 0 Å². The van der Waals surface area contributed by atoms with Gasteiger partial charge in [0.1, 0.15) is 5.82 Å². The molecule has 1 aromatic carbocycles. The Morgan fingerprint density at radius 3 is 2.68 bits per heavy atom. The minimum absolute atomic E-state index is 0.655. The molecule has 8 heteroatoms. The molecule has 8 nitrogen and oxygen atoms in total. The van der Waals surface area contributed by atoms with Crippen LogP contribution in [0.2, 0.25) is 0 Å². The van der Waals surface area contributed by atoms with Gasteiger partial charge in [-0.25, -0.2) is 0 Å². The Kier molecular flexibility index (Phi) is 4.69. The highest BCUT2D eigenvalue weighted by molar-refractivity contribution is 5.46. The van der Waals surface area contributed by atoms with Gasteiger partial charge in [-0.2, -0.15) is 4.52 Å². The minimum Gasteiger partial charge on any atom is -0.369 e. The lowest BCUT2D eigenvalue weighted by Gasteiger charge is -2.36. The maximum atomic E-state index is 4.15. The van der Waals surface area contributed by atoms with Crippen molar-refractivity contribution in [2.75, 3.05) is 49.5 Å². The Bertz CT molecular complexity index is 795. The highest BCUT2D eigenvalue weighted by Gasteiger charge is 2.16. The molecule has 0 atom stereocenters. The second-order valence-electron chi connectivity index (χ2n) is 6.19. The monoisotopic (exact) mass is 338 g/mol. The molecule has 0 spiro atoms. The topological polar surface area (TPSA) is 74.5 Å². The maximum absolute atomic E-state index is 4.15. The van der Waals surface area contributed by atoms with Crippen LogP contribution in [-0.2, 0) is 0 Å². The quantitative estimate of drug-likeness (QED) is 0.676. The first-order valence-electron chi connectivity index (χ1n) is 8.68. The highest BCUT2D eigenvalue weighted by Crippen LogP contribution is 2.15. The molecule has 0 radical (unpaired) electrons. The number of hydrogen-bond acceptors (Lipinski definition) is 7. The van der Waals surface area contributed by atoms with Crippen LogP contribution in [0.5, 0.6) is 0 Å². The van der Waals surface area contributed by atoms with Gasteiger partial charge in [-0.1, -0.05) is 18.2 Å². The van der Waals surface area contributed by atoms with Gasteiger partial charge in [-0.3, -0.25) is 9.88 Å². The molecular formula is C17H22N8. The van der Waals surface area contributed by atoms with E-state index in [4.69, 9.17) is 0 Å². The number of anilines is 2. The molecule has 0 saturated carbocycles. The van der Waals surface area contributed by atoms with Gasteiger partial charge in [-0.15, -0.1) is 5.10 Å². The molecule has 1 fully saturated rings. The number of nitrogens with one attached hydrogen (secondary N) is 1. The smallest absolute Gasteiger partial charge is 0.199 e. The summed E-state index contributed by atoms with van der Waals surface area (Å²) in [5.41, 5.74) is 1.98. The van der Waals surface area contributed by atoms with Gasteiger partial charge in [-0.05, 0) is 35.5 Å². The Hall–Kier alpha value is -2.74. The first-order valence-corrected chi connectivity index (χ1v) is 8.68. The molecule has 3 aromatic rings. The predicted molar refractivity (Wildman–Crippen MR) is 96.8 cm³/mol. The number of hydrogen-bond donors (Lipinski definition) is 1. The second kappa shape index (κ2) is 7.43. The Morgan fingerprint density at radius 1 is 1.00 bits per heavy atom. The molecule has 0 amide bonds. The third-order valence-corrected chi connectivity index (χ3v) is 4.56. The fourth-order valence-electron chi connectivity index (χ4n) is 3.18. The lowest BCUT2D eigenvalue weighted by atomic mass is 10.2. The number of piperazine rings is 1. The van der Waals surface area contributed by atoms with Crippen LogP contribution in [-0.4, -0.2) is 69.2 Å². The summed E-state index contributed by atoms with van der Waals surface area (Å²) >= 11 is 0. The molecule has 1 aliphatic heterocycles. The summed E-state index contributed by atoms with van der Waals surface area (Å²) in [5, 5.41) is 14.9. The van der Waals surface area contributed by atoms with Crippen molar-refractivity contribution in [3.8, 4) is 0 Å². The number of fused-ring (bicyclic) bond motifs is 1. The van der Waals surface area contributed by atoms with E-state index in [1.54, 1.807) is 16.9 Å². The minimum atomic E-state index is 0.655. The predicted octanol–water partition coefficient (Wildman–Crippen LogP) is 1.14. The number of para-hydroxylation sites is 1. The van der Waals surface area contributed by atoms with E-state index in [1.165, 1.54) is 5.69 Å². The summed E-state index contributed by atoms with van der Waals surface area (Å²) in [5.74, 6) is 0.830. The van der Waals surface area contributed by atoms with Crippen LogP contribution in [0.1, 0.15) is 6.42 Å². The van der Waals surface area contributed by atoms with Crippen molar-refractivity contribution < 1.29 is 0 Å². The van der Waals surface area contributed by atoms with Gasteiger partial charge < -0.3 is 10.2 Å². The molecule has 0 unspecified atom stereocenters. The normalized spacial score (nSPS) is 15.6. The Balaban J connectivity index is 1.21. The molecule has 25 heavy (non-hydrogen) atoms. The van der Waals surface area contributed by atoms with Crippen molar-refractivity contribution in [2.45, 2.75) is 6.42 Å². The lowest BCUT2D eigenvalue weighted by Crippen LogP contribution is -2.46. The first-order chi connectivity index (χ1) is 12.4. The molecule has 0 aliphatic carbocycles. The van der Waals surface area contributed by atoms with E-state index in [1.807, 2.05) is 0 Å². The van der Waals surface area contributed by atoms with E-state index in [0.29, 0.717) is 5.65 Å². The van der Waals surface area contributed by atoms with E-state index >= 15 is 0 Å². The van der Waals surface area contributed by atoms with E-state index < -0.39 is 0 Å². The van der Waals surface area contributed by atoms with Gasteiger partial charge >= 0.3 is 0 Å². The van der Waals surface area contributed by atoms with Crippen LogP contribution >= 0.6 is 0 Å². The molecule has 3 heterocycles. The molecule has 0 bridgehead atoms. The zero-order valence-corrected chi connectivity index (χ0v) is 14.1. The van der Waals surface area contributed by atoms with Crippen LogP contribution < -0.4 is 10.2 Å². The molecule has 1 saturated heterocycles. The van der Waals surface area contributed by atoms with E-state index in [0.717, 1.165) is 51.5 Å². The third-order valence-electron chi connectivity index (χ3n) is 4.56. The number of tetrazole rings is 1. The van der Waals surface area contributed by atoms with Crippen LogP contribution in [0, 0.1) is 0 Å². The molecule has 1 aliphatic rings. The largest absolute Gasteiger partial charge is 0.369 e. The van der Waals surface area contributed by atoms with E-state index in [-0.39, 0.29) is 0 Å². The summed E-state index contributed by atoms with van der Waals surface area (Å²) in [6, 6.07) is 10.7. The van der Waals surface area contributed by atoms with Gasteiger partial charge in [0.15, 0.2) is 5.65 Å². The fraction of sp³-hybridized carbons (Fsp3) is 0.412. The van der Waals surface area contributed by atoms with E-state index in [2.05, 4.69) is 66.0 Å². The Morgan fingerprint density at radius 2 is 1.84 bits per heavy atom. The van der Waals surface area contributed by atoms with Crippen LogP contribution in [0.3, 0.4) is 0 Å². The summed E-state index contributed by atoms with van der Waals surface area (Å²) in [4.78, 5) is 9.13. The summed E-state index contributed by atoms with van der Waals surface area (Å²) in [6.07, 6.45) is 4.48. The SMILES string of the molecule is c1ccc(N2CCN(CCCNc3cncc4nnnn34)CC2)cc1. The zero-order chi connectivity index (χ0) is 16.9. The number of rotatable bonds is 6. The van der Waals surface area contributed by atoms with Gasteiger partial charge in [0.25, 0.3) is 0 Å². The summed E-state index contributed by atoms with van der Waals surface area (Å²) in [7, 11) is 0. The molecule has 2 aromatic heterocycles. The highest BCUT2D eigenvalue weighted by atomic mass is 15.5. The maximum Gasteiger partial charge on any atom is 0.199 e.